The molecule has 3 aliphatic rings. The molecule has 0 saturated heterocycles. The van der Waals surface area contributed by atoms with Crippen molar-refractivity contribution in [3.63, 3.8) is 0 Å². The number of Topliss-reactive ketones (excluding diaryl/α,β-unsaturated/α-hetero) is 1. The fraction of sp³-hybridized carbons (Fsp3) is 0.882. The predicted octanol–water partition coefficient (Wildman–Crippen LogP) is 3.01. The first-order valence-corrected chi connectivity index (χ1v) is 8.12. The van der Waals surface area contributed by atoms with Crippen LogP contribution in [-0.2, 0) is 14.3 Å². The van der Waals surface area contributed by atoms with Crippen LogP contribution in [0.3, 0.4) is 0 Å². The van der Waals surface area contributed by atoms with Crippen LogP contribution >= 0.6 is 0 Å². The maximum absolute atomic E-state index is 12.4. The summed E-state index contributed by atoms with van der Waals surface area (Å²) in [5, 5.41) is 0. The molecule has 0 amide bonds. The van der Waals surface area contributed by atoms with E-state index in [-0.39, 0.29) is 17.1 Å². The fourth-order valence-corrected chi connectivity index (χ4v) is 5.45. The van der Waals surface area contributed by atoms with Crippen LogP contribution in [0.15, 0.2) is 0 Å². The SMILES string of the molecule is CO[C@@H]1CC[C@@]23CC[C@@H](C)C(CC[C@@H](C=O)C(=O)C2)[C@@H]13. The molecule has 0 N–H and O–H groups in total. The van der Waals surface area contributed by atoms with Crippen LogP contribution in [0.5, 0.6) is 0 Å². The van der Waals surface area contributed by atoms with Crippen molar-refractivity contribution < 1.29 is 14.3 Å². The minimum atomic E-state index is -0.345. The molecule has 3 aliphatic carbocycles. The van der Waals surface area contributed by atoms with Crippen molar-refractivity contribution in [3.05, 3.63) is 0 Å². The van der Waals surface area contributed by atoms with E-state index in [1.807, 2.05) is 7.11 Å². The Morgan fingerprint density at radius 3 is 2.65 bits per heavy atom. The molecule has 112 valence electrons. The number of ketones is 1. The summed E-state index contributed by atoms with van der Waals surface area (Å²) in [5.41, 5.74) is 0.136. The van der Waals surface area contributed by atoms with Gasteiger partial charge in [0.25, 0.3) is 0 Å². The summed E-state index contributed by atoms with van der Waals surface area (Å²) < 4.78 is 5.76. The average Bonchev–Trinajstić information content (AvgIpc) is 2.78. The average molecular weight is 278 g/mol. The highest BCUT2D eigenvalue weighted by Crippen LogP contribution is 2.60. The standard InChI is InChI=1S/C17H26O3/c1-11-5-7-17-8-6-15(20-2)16(17)13(11)4-3-12(10-18)14(19)9-17/h10-13,15-16H,3-9H2,1-2H3/t11-,12+,13?,15-,16+,17+/m1/s1. The van der Waals surface area contributed by atoms with Crippen molar-refractivity contribution in [2.45, 2.75) is 58.0 Å². The minimum absolute atomic E-state index is 0.136. The second-order valence-electron chi connectivity index (χ2n) is 7.34. The van der Waals surface area contributed by atoms with E-state index >= 15 is 0 Å². The van der Waals surface area contributed by atoms with Crippen LogP contribution < -0.4 is 0 Å². The molecule has 0 heterocycles. The third-order valence-electron chi connectivity index (χ3n) is 6.54. The van der Waals surface area contributed by atoms with Gasteiger partial charge >= 0.3 is 0 Å². The Morgan fingerprint density at radius 2 is 1.95 bits per heavy atom. The molecule has 0 aliphatic heterocycles. The number of rotatable bonds is 2. The molecular weight excluding hydrogens is 252 g/mol. The summed E-state index contributed by atoms with van der Waals surface area (Å²) in [7, 11) is 1.82. The highest BCUT2D eigenvalue weighted by atomic mass is 16.5. The van der Waals surface area contributed by atoms with Crippen molar-refractivity contribution in [3.8, 4) is 0 Å². The lowest BCUT2D eigenvalue weighted by molar-refractivity contribution is -0.135. The summed E-state index contributed by atoms with van der Waals surface area (Å²) in [6.07, 6.45) is 8.17. The quantitative estimate of drug-likeness (QED) is 0.576. The Kier molecular flexibility index (Phi) is 3.74. The van der Waals surface area contributed by atoms with E-state index in [9.17, 15) is 9.59 Å². The number of methoxy groups -OCH3 is 1. The van der Waals surface area contributed by atoms with Crippen LogP contribution in [0.2, 0.25) is 0 Å². The first-order valence-electron chi connectivity index (χ1n) is 8.12. The van der Waals surface area contributed by atoms with Crippen LogP contribution in [0.25, 0.3) is 0 Å². The number of carbonyl (C=O) groups is 2. The monoisotopic (exact) mass is 278 g/mol. The topological polar surface area (TPSA) is 43.4 Å². The van der Waals surface area contributed by atoms with E-state index in [2.05, 4.69) is 6.92 Å². The summed E-state index contributed by atoms with van der Waals surface area (Å²) in [6.45, 7) is 2.35. The molecule has 6 atom stereocenters. The third kappa shape index (κ3) is 2.05. The zero-order valence-corrected chi connectivity index (χ0v) is 12.6. The van der Waals surface area contributed by atoms with Crippen LogP contribution in [0.1, 0.15) is 51.9 Å². The molecule has 2 bridgehead atoms. The first-order chi connectivity index (χ1) is 9.61. The summed E-state index contributed by atoms with van der Waals surface area (Å²) in [4.78, 5) is 23.6. The van der Waals surface area contributed by atoms with Gasteiger partial charge in [-0.1, -0.05) is 6.92 Å². The number of hydrogen-bond donors (Lipinski definition) is 0. The second-order valence-corrected chi connectivity index (χ2v) is 7.34. The molecule has 1 unspecified atom stereocenters. The summed E-state index contributed by atoms with van der Waals surface area (Å²) >= 11 is 0. The van der Waals surface area contributed by atoms with E-state index in [1.165, 1.54) is 6.42 Å². The molecule has 3 rings (SSSR count). The Balaban J connectivity index is 1.96. The molecule has 0 radical (unpaired) electrons. The lowest BCUT2D eigenvalue weighted by atomic mass is 9.55. The molecule has 0 aromatic rings. The highest BCUT2D eigenvalue weighted by Gasteiger charge is 2.56. The van der Waals surface area contributed by atoms with Gasteiger partial charge in [-0.05, 0) is 61.7 Å². The molecule has 0 aromatic heterocycles. The second kappa shape index (κ2) is 5.25. The maximum Gasteiger partial charge on any atom is 0.143 e. The van der Waals surface area contributed by atoms with Gasteiger partial charge in [-0.25, -0.2) is 0 Å². The normalized spacial score (nSPS) is 48.3. The zero-order valence-electron chi connectivity index (χ0n) is 12.6. The Morgan fingerprint density at radius 1 is 1.20 bits per heavy atom. The van der Waals surface area contributed by atoms with Gasteiger partial charge in [0.1, 0.15) is 12.1 Å². The lowest BCUT2D eigenvalue weighted by Crippen LogP contribution is -2.47. The lowest BCUT2D eigenvalue weighted by Gasteiger charge is -2.50. The summed E-state index contributed by atoms with van der Waals surface area (Å²) in [6, 6.07) is 0. The van der Waals surface area contributed by atoms with E-state index < -0.39 is 0 Å². The van der Waals surface area contributed by atoms with Crippen LogP contribution in [0, 0.1) is 29.1 Å². The maximum atomic E-state index is 12.4. The van der Waals surface area contributed by atoms with Crippen molar-refractivity contribution in [1.29, 1.82) is 0 Å². The molecule has 3 fully saturated rings. The summed E-state index contributed by atoms with van der Waals surface area (Å²) in [5.74, 6) is 1.71. The van der Waals surface area contributed by atoms with Gasteiger partial charge in [0, 0.05) is 13.5 Å². The van der Waals surface area contributed by atoms with Gasteiger partial charge in [-0.15, -0.1) is 0 Å². The first kappa shape index (κ1) is 14.2. The number of carbonyl (C=O) groups excluding carboxylic acids is 2. The molecule has 3 nitrogen and oxygen atoms in total. The Labute approximate surface area is 121 Å². The van der Waals surface area contributed by atoms with E-state index in [0.29, 0.717) is 30.3 Å². The Bertz CT molecular complexity index is 405. The largest absolute Gasteiger partial charge is 0.381 e. The smallest absolute Gasteiger partial charge is 0.143 e. The van der Waals surface area contributed by atoms with Gasteiger partial charge in [0.2, 0.25) is 0 Å². The number of aldehydes is 1. The van der Waals surface area contributed by atoms with Gasteiger partial charge in [0.05, 0.1) is 12.0 Å². The number of ether oxygens (including phenoxy) is 1. The predicted molar refractivity (Wildman–Crippen MR) is 76.3 cm³/mol. The Hall–Kier alpha value is -0.700. The number of hydrogen-bond acceptors (Lipinski definition) is 3. The van der Waals surface area contributed by atoms with E-state index in [0.717, 1.165) is 38.4 Å². The fourth-order valence-electron chi connectivity index (χ4n) is 5.45. The molecule has 0 spiro atoms. The molecular formula is C17H26O3. The zero-order chi connectivity index (χ0) is 14.3. The molecule has 3 saturated carbocycles. The van der Waals surface area contributed by atoms with Gasteiger partial charge in [0.15, 0.2) is 0 Å². The molecule has 20 heavy (non-hydrogen) atoms. The minimum Gasteiger partial charge on any atom is -0.381 e. The van der Waals surface area contributed by atoms with Crippen molar-refractivity contribution >= 4 is 12.1 Å². The van der Waals surface area contributed by atoms with Gasteiger partial charge in [-0.3, -0.25) is 4.79 Å². The molecule has 3 heteroatoms. The van der Waals surface area contributed by atoms with Crippen LogP contribution in [-0.4, -0.2) is 25.3 Å². The van der Waals surface area contributed by atoms with Crippen LogP contribution in [0.4, 0.5) is 0 Å². The molecule has 0 aromatic carbocycles. The van der Waals surface area contributed by atoms with E-state index in [4.69, 9.17) is 4.74 Å². The van der Waals surface area contributed by atoms with Crippen molar-refractivity contribution in [2.75, 3.05) is 7.11 Å². The van der Waals surface area contributed by atoms with E-state index in [1.54, 1.807) is 0 Å². The van der Waals surface area contributed by atoms with Crippen molar-refractivity contribution in [1.82, 2.24) is 0 Å². The van der Waals surface area contributed by atoms with Gasteiger partial charge < -0.3 is 9.53 Å². The third-order valence-corrected chi connectivity index (χ3v) is 6.54. The van der Waals surface area contributed by atoms with Gasteiger partial charge in [-0.2, -0.15) is 0 Å². The highest BCUT2D eigenvalue weighted by molar-refractivity contribution is 5.93. The van der Waals surface area contributed by atoms with Crippen molar-refractivity contribution in [2.24, 2.45) is 29.1 Å².